The van der Waals surface area contributed by atoms with Crippen LogP contribution in [0.1, 0.15) is 61.7 Å². The fourth-order valence-corrected chi connectivity index (χ4v) is 5.32. The number of nitrogens with zero attached hydrogens (tertiary/aromatic N) is 2. The minimum atomic E-state index is -0.549. The SMILES string of the molecule is CCOC1CCN(C(=O)c2nc3cc(Cl)c4c(c3o2)C2(CCCCC2)NC(=O)N4)C1. The van der Waals surface area contributed by atoms with Gasteiger partial charge in [-0.1, -0.05) is 30.9 Å². The number of amides is 3. The highest BCUT2D eigenvalue weighted by atomic mass is 35.5. The molecule has 2 aromatic rings. The van der Waals surface area contributed by atoms with Gasteiger partial charge in [0.1, 0.15) is 5.52 Å². The first-order chi connectivity index (χ1) is 14.5. The fraction of sp³-hybridized carbons (Fsp3) is 0.571. The largest absolute Gasteiger partial charge is 0.432 e. The topological polar surface area (TPSA) is 96.7 Å². The number of nitrogens with one attached hydrogen (secondary N) is 2. The number of aromatic nitrogens is 1. The molecular weight excluding hydrogens is 408 g/mol. The first-order valence-corrected chi connectivity index (χ1v) is 11.0. The van der Waals surface area contributed by atoms with Crippen LogP contribution in [0, 0.1) is 0 Å². The number of fused-ring (bicyclic) bond motifs is 4. The van der Waals surface area contributed by atoms with E-state index in [1.165, 1.54) is 0 Å². The molecule has 1 aliphatic carbocycles. The lowest BCUT2D eigenvalue weighted by molar-refractivity contribution is 0.0579. The summed E-state index contributed by atoms with van der Waals surface area (Å²) in [6, 6.07) is 1.39. The van der Waals surface area contributed by atoms with Crippen molar-refractivity contribution < 1.29 is 18.7 Å². The first kappa shape index (κ1) is 19.6. The zero-order chi connectivity index (χ0) is 20.9. The summed E-state index contributed by atoms with van der Waals surface area (Å²) >= 11 is 6.52. The van der Waals surface area contributed by atoms with Crippen LogP contribution in [0.4, 0.5) is 10.5 Å². The van der Waals surface area contributed by atoms with E-state index in [0.29, 0.717) is 41.5 Å². The number of ether oxygens (including phenoxy) is 1. The van der Waals surface area contributed by atoms with Gasteiger partial charge in [-0.15, -0.1) is 0 Å². The summed E-state index contributed by atoms with van der Waals surface area (Å²) in [5.74, 6) is -0.196. The van der Waals surface area contributed by atoms with Gasteiger partial charge >= 0.3 is 11.9 Å². The van der Waals surface area contributed by atoms with Gasteiger partial charge in [0.05, 0.1) is 22.4 Å². The molecule has 1 aromatic heterocycles. The molecule has 5 rings (SSSR count). The second kappa shape index (κ2) is 7.42. The fourth-order valence-electron chi connectivity index (χ4n) is 5.08. The van der Waals surface area contributed by atoms with Gasteiger partial charge in [-0.05, 0) is 32.3 Å². The van der Waals surface area contributed by atoms with Crippen molar-refractivity contribution in [1.82, 2.24) is 15.2 Å². The number of oxazole rings is 1. The summed E-state index contributed by atoms with van der Waals surface area (Å²) in [7, 11) is 0. The summed E-state index contributed by atoms with van der Waals surface area (Å²) in [4.78, 5) is 31.6. The molecule has 1 atom stereocenters. The van der Waals surface area contributed by atoms with Crippen LogP contribution in [0.3, 0.4) is 0 Å². The van der Waals surface area contributed by atoms with Crippen LogP contribution in [0.15, 0.2) is 10.5 Å². The zero-order valence-electron chi connectivity index (χ0n) is 16.9. The average molecular weight is 433 g/mol. The summed E-state index contributed by atoms with van der Waals surface area (Å²) in [5.41, 5.74) is 1.87. The molecule has 9 heteroatoms. The van der Waals surface area contributed by atoms with Crippen molar-refractivity contribution in [1.29, 1.82) is 0 Å². The molecule has 2 N–H and O–H groups in total. The highest BCUT2D eigenvalue weighted by Gasteiger charge is 2.44. The van der Waals surface area contributed by atoms with E-state index in [1.54, 1.807) is 11.0 Å². The zero-order valence-corrected chi connectivity index (χ0v) is 17.7. The van der Waals surface area contributed by atoms with Gasteiger partial charge in [0, 0.05) is 25.3 Å². The Labute approximate surface area is 179 Å². The third-order valence-electron chi connectivity index (χ3n) is 6.43. The number of carbonyl (C=O) groups is 2. The third-order valence-corrected chi connectivity index (χ3v) is 6.73. The average Bonchev–Trinajstić information content (AvgIpc) is 3.35. The first-order valence-electron chi connectivity index (χ1n) is 10.6. The number of carbonyl (C=O) groups excluding carboxylic acids is 2. The lowest BCUT2D eigenvalue weighted by Crippen LogP contribution is -2.52. The second-order valence-corrected chi connectivity index (χ2v) is 8.72. The van der Waals surface area contributed by atoms with Gasteiger partial charge in [-0.3, -0.25) is 4.79 Å². The maximum absolute atomic E-state index is 13.0. The number of hydrogen-bond acceptors (Lipinski definition) is 5. The van der Waals surface area contributed by atoms with E-state index in [1.807, 2.05) is 6.92 Å². The van der Waals surface area contributed by atoms with Gasteiger partial charge in [0.25, 0.3) is 5.89 Å². The number of hydrogen-bond donors (Lipinski definition) is 2. The van der Waals surface area contributed by atoms with Crippen molar-refractivity contribution in [2.75, 3.05) is 25.0 Å². The van der Waals surface area contributed by atoms with Crippen LogP contribution in [0.2, 0.25) is 5.02 Å². The smallest absolute Gasteiger partial charge is 0.319 e. The van der Waals surface area contributed by atoms with Gasteiger partial charge < -0.3 is 24.7 Å². The van der Waals surface area contributed by atoms with Crippen LogP contribution in [-0.2, 0) is 10.3 Å². The monoisotopic (exact) mass is 432 g/mol. The van der Waals surface area contributed by atoms with E-state index in [0.717, 1.165) is 44.1 Å². The van der Waals surface area contributed by atoms with Crippen molar-refractivity contribution in [2.45, 2.75) is 57.1 Å². The van der Waals surface area contributed by atoms with Crippen molar-refractivity contribution >= 4 is 40.3 Å². The minimum Gasteiger partial charge on any atom is -0.432 e. The van der Waals surface area contributed by atoms with Gasteiger partial charge in [-0.2, -0.15) is 0 Å². The molecule has 1 unspecified atom stereocenters. The van der Waals surface area contributed by atoms with E-state index in [2.05, 4.69) is 15.6 Å². The van der Waals surface area contributed by atoms with Crippen molar-refractivity contribution in [3.8, 4) is 0 Å². The quantitative estimate of drug-likeness (QED) is 0.763. The highest BCUT2D eigenvalue weighted by molar-refractivity contribution is 6.35. The van der Waals surface area contributed by atoms with E-state index < -0.39 is 5.54 Å². The number of rotatable bonds is 3. The number of likely N-dealkylation sites (tertiary alicyclic amines) is 1. The predicted octanol–water partition coefficient (Wildman–Crippen LogP) is 4.03. The Hall–Kier alpha value is -2.32. The highest BCUT2D eigenvalue weighted by Crippen LogP contribution is 2.48. The molecule has 160 valence electrons. The molecule has 30 heavy (non-hydrogen) atoms. The molecule has 1 spiro atoms. The molecule has 2 aliphatic heterocycles. The molecule has 3 heterocycles. The number of urea groups is 1. The molecule has 8 nitrogen and oxygen atoms in total. The van der Waals surface area contributed by atoms with Crippen LogP contribution < -0.4 is 10.6 Å². The molecule has 3 amide bonds. The van der Waals surface area contributed by atoms with E-state index in [-0.39, 0.29) is 23.9 Å². The Balaban J connectivity index is 1.56. The Bertz CT molecular complexity index is 1010. The standard InChI is InChI=1S/C21H25ClN4O4/c1-2-29-12-6-9-26(11-12)19(27)18-23-14-10-13(22)16-15(17(14)30-18)21(25-20(28)24-16)7-4-3-5-8-21/h10,12H,2-9,11H2,1H3,(H2,24,25,28). The van der Waals surface area contributed by atoms with Crippen LogP contribution in [-0.4, -0.2) is 47.6 Å². The van der Waals surface area contributed by atoms with Crippen molar-refractivity contribution in [3.05, 3.63) is 22.5 Å². The molecule has 1 aromatic carbocycles. The summed E-state index contributed by atoms with van der Waals surface area (Å²) in [6.45, 7) is 3.72. The predicted molar refractivity (Wildman–Crippen MR) is 112 cm³/mol. The molecule has 1 saturated carbocycles. The summed E-state index contributed by atoms with van der Waals surface area (Å²) in [5, 5.41) is 6.34. The Morgan fingerprint density at radius 1 is 1.40 bits per heavy atom. The lowest BCUT2D eigenvalue weighted by atomic mass is 9.74. The van der Waals surface area contributed by atoms with E-state index >= 15 is 0 Å². The molecule has 2 fully saturated rings. The summed E-state index contributed by atoms with van der Waals surface area (Å²) in [6.07, 6.45) is 5.58. The Morgan fingerprint density at radius 2 is 2.20 bits per heavy atom. The van der Waals surface area contributed by atoms with E-state index in [4.69, 9.17) is 20.8 Å². The second-order valence-electron chi connectivity index (χ2n) is 8.31. The molecule has 3 aliphatic rings. The number of halogens is 1. The van der Waals surface area contributed by atoms with Crippen LogP contribution in [0.5, 0.6) is 0 Å². The Morgan fingerprint density at radius 3 is 2.97 bits per heavy atom. The van der Waals surface area contributed by atoms with Gasteiger partial charge in [0.15, 0.2) is 5.58 Å². The summed E-state index contributed by atoms with van der Waals surface area (Å²) < 4.78 is 11.7. The van der Waals surface area contributed by atoms with Crippen LogP contribution >= 0.6 is 11.6 Å². The molecule has 1 saturated heterocycles. The maximum Gasteiger partial charge on any atom is 0.319 e. The van der Waals surface area contributed by atoms with Gasteiger partial charge in [0.2, 0.25) is 0 Å². The Kier molecular flexibility index (Phi) is 4.86. The van der Waals surface area contributed by atoms with Gasteiger partial charge in [-0.25, -0.2) is 9.78 Å². The number of anilines is 1. The molecule has 0 bridgehead atoms. The lowest BCUT2D eigenvalue weighted by Gasteiger charge is -2.42. The normalized spacial score (nSPS) is 22.8. The van der Waals surface area contributed by atoms with Crippen molar-refractivity contribution in [2.24, 2.45) is 0 Å². The molecular formula is C21H25ClN4O4. The van der Waals surface area contributed by atoms with Crippen molar-refractivity contribution in [3.63, 3.8) is 0 Å². The maximum atomic E-state index is 13.0. The number of benzene rings is 1. The van der Waals surface area contributed by atoms with Crippen LogP contribution in [0.25, 0.3) is 11.1 Å². The third kappa shape index (κ3) is 3.13. The molecule has 0 radical (unpaired) electrons. The van der Waals surface area contributed by atoms with E-state index in [9.17, 15) is 9.59 Å². The minimum absolute atomic E-state index is 0.0504.